The molecule has 0 heterocycles. The Morgan fingerprint density at radius 2 is 2.13 bits per heavy atom. The quantitative estimate of drug-likeness (QED) is 0.764. The number of para-hydroxylation sites is 2. The zero-order valence-corrected chi connectivity index (χ0v) is 8.68. The molecule has 80 valence electrons. The van der Waals surface area contributed by atoms with Gasteiger partial charge in [-0.15, -0.1) is 0 Å². The van der Waals surface area contributed by atoms with Crippen LogP contribution in [-0.4, -0.2) is 25.2 Å². The van der Waals surface area contributed by atoms with Crippen molar-refractivity contribution in [1.29, 1.82) is 0 Å². The maximum absolute atomic E-state index is 10.3. The van der Waals surface area contributed by atoms with Gasteiger partial charge in [0.2, 0.25) is 0 Å². The van der Waals surface area contributed by atoms with Gasteiger partial charge >= 0.3 is 5.97 Å². The molecule has 0 aliphatic carbocycles. The summed E-state index contributed by atoms with van der Waals surface area (Å²) in [6.07, 6.45) is 2.55. The van der Waals surface area contributed by atoms with Crippen LogP contribution in [0.1, 0.15) is 0 Å². The zero-order chi connectivity index (χ0) is 11.3. The number of hydrogen-bond acceptors (Lipinski definition) is 3. The second kappa shape index (κ2) is 5.05. The summed E-state index contributed by atoms with van der Waals surface area (Å²) >= 11 is 0. The minimum Gasteiger partial charge on any atom is -0.495 e. The molecule has 1 aromatic rings. The van der Waals surface area contributed by atoms with Crippen molar-refractivity contribution in [2.24, 2.45) is 0 Å². The summed E-state index contributed by atoms with van der Waals surface area (Å²) in [4.78, 5) is 12.0. The maximum atomic E-state index is 10.3. The van der Waals surface area contributed by atoms with Gasteiger partial charge < -0.3 is 14.7 Å². The van der Waals surface area contributed by atoms with Crippen LogP contribution in [0.25, 0.3) is 0 Å². The van der Waals surface area contributed by atoms with Gasteiger partial charge in [0.25, 0.3) is 0 Å². The number of rotatable bonds is 4. The van der Waals surface area contributed by atoms with Gasteiger partial charge in [-0.2, -0.15) is 0 Å². The molecule has 0 atom stereocenters. The molecule has 4 nitrogen and oxygen atoms in total. The first-order valence-electron chi connectivity index (χ1n) is 4.42. The number of carboxylic acid groups (broad SMARTS) is 1. The van der Waals surface area contributed by atoms with Crippen LogP contribution in [0.15, 0.2) is 36.5 Å². The highest BCUT2D eigenvalue weighted by Gasteiger charge is 2.04. The first kappa shape index (κ1) is 11.1. The van der Waals surface area contributed by atoms with Crippen LogP contribution in [0.3, 0.4) is 0 Å². The number of methoxy groups -OCH3 is 1. The molecule has 0 aliphatic rings. The number of benzene rings is 1. The highest BCUT2D eigenvalue weighted by molar-refractivity contribution is 5.80. The second-order valence-corrected chi connectivity index (χ2v) is 2.94. The Kier molecular flexibility index (Phi) is 3.74. The van der Waals surface area contributed by atoms with Crippen molar-refractivity contribution in [3.63, 3.8) is 0 Å². The number of anilines is 1. The average molecular weight is 207 g/mol. The lowest BCUT2D eigenvalue weighted by Crippen LogP contribution is -2.10. The second-order valence-electron chi connectivity index (χ2n) is 2.94. The van der Waals surface area contributed by atoms with E-state index in [0.29, 0.717) is 5.75 Å². The molecule has 1 aromatic carbocycles. The van der Waals surface area contributed by atoms with Gasteiger partial charge in [0.1, 0.15) is 5.75 Å². The third-order valence-electron chi connectivity index (χ3n) is 1.91. The van der Waals surface area contributed by atoms with Crippen molar-refractivity contribution in [2.45, 2.75) is 0 Å². The SMILES string of the molecule is COc1ccccc1N(C)C=CC(=O)O. The van der Waals surface area contributed by atoms with Crippen LogP contribution < -0.4 is 9.64 Å². The monoisotopic (exact) mass is 207 g/mol. The van der Waals surface area contributed by atoms with Crippen LogP contribution >= 0.6 is 0 Å². The van der Waals surface area contributed by atoms with E-state index in [1.165, 1.54) is 6.20 Å². The summed E-state index contributed by atoms with van der Waals surface area (Å²) in [6, 6.07) is 7.39. The Morgan fingerprint density at radius 3 is 2.73 bits per heavy atom. The van der Waals surface area contributed by atoms with E-state index in [1.54, 1.807) is 19.1 Å². The molecule has 1 rings (SSSR count). The Bertz CT molecular complexity index is 374. The van der Waals surface area contributed by atoms with Gasteiger partial charge in [-0.25, -0.2) is 4.79 Å². The van der Waals surface area contributed by atoms with Crippen LogP contribution in [0, 0.1) is 0 Å². The van der Waals surface area contributed by atoms with Gasteiger partial charge in [0.05, 0.1) is 12.8 Å². The molecule has 0 bridgehead atoms. The van der Waals surface area contributed by atoms with Crippen molar-refractivity contribution < 1.29 is 14.6 Å². The van der Waals surface area contributed by atoms with Gasteiger partial charge in [-0.05, 0) is 12.1 Å². The lowest BCUT2D eigenvalue weighted by molar-refractivity contribution is -0.131. The minimum absolute atomic E-state index is 0.704. The Labute approximate surface area is 88.4 Å². The predicted octanol–water partition coefficient (Wildman–Crippen LogP) is 1.73. The van der Waals surface area contributed by atoms with E-state index < -0.39 is 5.97 Å². The lowest BCUT2D eigenvalue weighted by Gasteiger charge is -2.16. The summed E-state index contributed by atoms with van der Waals surface area (Å²) in [5.41, 5.74) is 0.817. The highest BCUT2D eigenvalue weighted by Crippen LogP contribution is 2.26. The van der Waals surface area contributed by atoms with E-state index in [2.05, 4.69) is 0 Å². The predicted molar refractivity (Wildman–Crippen MR) is 58.2 cm³/mol. The van der Waals surface area contributed by atoms with E-state index in [1.807, 2.05) is 24.3 Å². The molecule has 0 aliphatic heterocycles. The average Bonchev–Trinajstić information content (AvgIpc) is 2.25. The maximum Gasteiger partial charge on any atom is 0.329 e. The van der Waals surface area contributed by atoms with E-state index in [0.717, 1.165) is 11.8 Å². The molecule has 4 heteroatoms. The Balaban J connectivity index is 2.90. The molecule has 0 radical (unpaired) electrons. The van der Waals surface area contributed by atoms with Crippen molar-refractivity contribution in [1.82, 2.24) is 0 Å². The number of hydrogen-bond donors (Lipinski definition) is 1. The van der Waals surface area contributed by atoms with Crippen LogP contribution in [0.4, 0.5) is 5.69 Å². The topological polar surface area (TPSA) is 49.8 Å². The fourth-order valence-corrected chi connectivity index (χ4v) is 1.18. The summed E-state index contributed by atoms with van der Waals surface area (Å²) in [6.45, 7) is 0. The molecular formula is C11H13NO3. The number of carboxylic acids is 1. The van der Waals surface area contributed by atoms with E-state index in [9.17, 15) is 4.79 Å². The molecule has 0 saturated heterocycles. The molecule has 0 unspecified atom stereocenters. The van der Waals surface area contributed by atoms with Gasteiger partial charge in [0.15, 0.2) is 0 Å². The molecule has 0 aromatic heterocycles. The normalized spacial score (nSPS) is 10.3. The number of ether oxygens (including phenoxy) is 1. The van der Waals surface area contributed by atoms with E-state index in [-0.39, 0.29) is 0 Å². The first-order valence-corrected chi connectivity index (χ1v) is 4.42. The Hall–Kier alpha value is -1.97. The van der Waals surface area contributed by atoms with Gasteiger partial charge in [-0.1, -0.05) is 12.1 Å². The number of nitrogens with zero attached hydrogens (tertiary/aromatic N) is 1. The molecule has 0 saturated carbocycles. The standard InChI is InChI=1S/C11H13NO3/c1-12(8-7-11(13)14)9-5-3-4-6-10(9)15-2/h3-8H,1-2H3,(H,13,14). The summed E-state index contributed by atoms with van der Waals surface area (Å²) in [7, 11) is 3.34. The van der Waals surface area contributed by atoms with E-state index >= 15 is 0 Å². The van der Waals surface area contributed by atoms with Crippen molar-refractivity contribution in [2.75, 3.05) is 19.1 Å². The van der Waals surface area contributed by atoms with Crippen molar-refractivity contribution in [3.8, 4) is 5.75 Å². The van der Waals surface area contributed by atoms with Crippen LogP contribution in [0.2, 0.25) is 0 Å². The largest absolute Gasteiger partial charge is 0.495 e. The fourth-order valence-electron chi connectivity index (χ4n) is 1.18. The van der Waals surface area contributed by atoms with Crippen LogP contribution in [-0.2, 0) is 4.79 Å². The highest BCUT2D eigenvalue weighted by atomic mass is 16.5. The minimum atomic E-state index is -0.975. The molecule has 0 spiro atoms. The fraction of sp³-hybridized carbons (Fsp3) is 0.182. The van der Waals surface area contributed by atoms with E-state index in [4.69, 9.17) is 9.84 Å². The molecule has 0 amide bonds. The molecule has 1 N–H and O–H groups in total. The van der Waals surface area contributed by atoms with Crippen molar-refractivity contribution in [3.05, 3.63) is 36.5 Å². The summed E-state index contributed by atoms with van der Waals surface area (Å²) < 4.78 is 5.15. The lowest BCUT2D eigenvalue weighted by atomic mass is 10.3. The smallest absolute Gasteiger partial charge is 0.329 e. The summed E-state index contributed by atoms with van der Waals surface area (Å²) in [5, 5.41) is 8.49. The zero-order valence-electron chi connectivity index (χ0n) is 8.68. The molecule has 0 fully saturated rings. The first-order chi connectivity index (χ1) is 7.15. The Morgan fingerprint density at radius 1 is 1.47 bits per heavy atom. The van der Waals surface area contributed by atoms with Gasteiger partial charge in [-0.3, -0.25) is 0 Å². The number of carbonyl (C=O) groups is 1. The molecule has 15 heavy (non-hydrogen) atoms. The summed E-state index contributed by atoms with van der Waals surface area (Å²) in [5.74, 6) is -0.271. The molecular weight excluding hydrogens is 194 g/mol. The number of aliphatic carboxylic acids is 1. The van der Waals surface area contributed by atoms with Crippen LogP contribution in [0.5, 0.6) is 5.75 Å². The van der Waals surface area contributed by atoms with Gasteiger partial charge in [0, 0.05) is 19.3 Å². The third kappa shape index (κ3) is 3.02. The third-order valence-corrected chi connectivity index (χ3v) is 1.91. The van der Waals surface area contributed by atoms with Crippen molar-refractivity contribution >= 4 is 11.7 Å².